The average Bonchev–Trinajstić information content (AvgIpc) is 2.95. The first-order chi connectivity index (χ1) is 9.85. The van der Waals surface area contributed by atoms with Crippen LogP contribution < -0.4 is 10.2 Å². The molecule has 3 heterocycles. The first-order valence-corrected chi connectivity index (χ1v) is 8.34. The third-order valence-corrected chi connectivity index (χ3v) is 3.45. The lowest BCUT2D eigenvalue weighted by atomic mass is 9.95. The van der Waals surface area contributed by atoms with Gasteiger partial charge in [0.15, 0.2) is 0 Å². The highest BCUT2D eigenvalue weighted by Crippen LogP contribution is 2.22. The van der Waals surface area contributed by atoms with Crippen LogP contribution in [0.4, 0.5) is 10.2 Å². The first kappa shape index (κ1) is 17.3. The Hall–Kier alpha value is -0.730. The Balaban J connectivity index is 0.000000357. The molecule has 0 aromatic carbocycles. The van der Waals surface area contributed by atoms with Gasteiger partial charge in [-0.05, 0) is 24.5 Å². The number of hydrogen-bond acceptors (Lipinski definition) is 3. The Morgan fingerprint density at radius 2 is 1.90 bits per heavy atom. The molecule has 5 heteroatoms. The van der Waals surface area contributed by atoms with E-state index in [0.29, 0.717) is 5.92 Å². The molecule has 1 aromatic rings. The summed E-state index contributed by atoms with van der Waals surface area (Å²) in [4.78, 5) is 6.94. The Bertz CT molecular complexity index is 349. The van der Waals surface area contributed by atoms with E-state index in [4.69, 9.17) is 0 Å². The molecule has 0 aliphatic carbocycles. The number of anilines is 1. The summed E-state index contributed by atoms with van der Waals surface area (Å²) in [7, 11) is 1.91. The van der Waals surface area contributed by atoms with E-state index in [1.807, 2.05) is 23.1 Å². The van der Waals surface area contributed by atoms with Gasteiger partial charge in [-0.15, -0.1) is 9.24 Å². The molecule has 2 saturated heterocycles. The Labute approximate surface area is 124 Å². The summed E-state index contributed by atoms with van der Waals surface area (Å²) in [5.41, 5.74) is 1.39. The quantitative estimate of drug-likeness (QED) is 0.850. The van der Waals surface area contributed by atoms with Crippen molar-refractivity contribution in [1.82, 2.24) is 10.3 Å². The topological polar surface area (TPSA) is 28.2 Å². The second-order valence-electron chi connectivity index (χ2n) is 4.65. The van der Waals surface area contributed by atoms with Crippen LogP contribution in [0, 0.1) is 0 Å². The number of aromatic nitrogens is 1. The molecule has 1 atom stereocenters. The molecule has 3 nitrogen and oxygen atoms in total. The smallest absolute Gasteiger partial charge is 0.128 e. The average molecular weight is 299 g/mol. The normalized spacial score (nSPS) is 17.5. The molecule has 0 bridgehead atoms. The standard InChI is InChI=1S/C12H17N3.C2H6.CH4FP/c1-2-6-15(5-1)12-4-3-10(9-14-12)11-7-13-8-11;1-2;2-1-3/h3-4,9,11,13H,1-2,5-8H2;1-2H3;1,3H2. The fourth-order valence-corrected chi connectivity index (χ4v) is 2.30. The molecular formula is C15H27FN3P. The molecule has 114 valence electrons. The van der Waals surface area contributed by atoms with Crippen LogP contribution in [0.5, 0.6) is 0 Å². The van der Waals surface area contributed by atoms with Gasteiger partial charge < -0.3 is 10.2 Å². The van der Waals surface area contributed by atoms with E-state index in [2.05, 4.69) is 33.5 Å². The highest BCUT2D eigenvalue weighted by Gasteiger charge is 2.19. The van der Waals surface area contributed by atoms with Crippen molar-refractivity contribution in [3.8, 4) is 0 Å². The molecule has 0 spiro atoms. The van der Waals surface area contributed by atoms with E-state index in [1.165, 1.54) is 31.5 Å². The summed E-state index contributed by atoms with van der Waals surface area (Å²) in [6.07, 6.45) is 4.35. The molecule has 1 unspecified atom stereocenters. The number of nitrogens with zero attached hydrogens (tertiary/aromatic N) is 2. The molecule has 0 radical (unpaired) electrons. The Morgan fingerprint density at radius 3 is 2.30 bits per heavy atom. The minimum absolute atomic E-state index is 0.333. The lowest BCUT2D eigenvalue weighted by Gasteiger charge is -2.27. The number of hydrogen-bond donors (Lipinski definition) is 1. The third-order valence-electron chi connectivity index (χ3n) is 3.45. The zero-order valence-corrected chi connectivity index (χ0v) is 13.8. The summed E-state index contributed by atoms with van der Waals surface area (Å²) in [5.74, 6) is 1.86. The van der Waals surface area contributed by atoms with Gasteiger partial charge in [-0.25, -0.2) is 9.37 Å². The molecule has 2 fully saturated rings. The number of halogens is 1. The molecule has 3 rings (SSSR count). The monoisotopic (exact) mass is 299 g/mol. The van der Waals surface area contributed by atoms with Crippen LogP contribution in [-0.2, 0) is 0 Å². The molecule has 0 amide bonds. The fraction of sp³-hybridized carbons (Fsp3) is 0.667. The molecule has 1 N–H and O–H groups in total. The number of pyridine rings is 1. The lowest BCUT2D eigenvalue weighted by molar-refractivity contribution is 0.447. The predicted molar refractivity (Wildman–Crippen MR) is 88.3 cm³/mol. The second-order valence-corrected chi connectivity index (χ2v) is 4.96. The molecule has 2 aliphatic rings. The highest BCUT2D eigenvalue weighted by atomic mass is 31.0. The van der Waals surface area contributed by atoms with E-state index in [9.17, 15) is 4.39 Å². The third kappa shape index (κ3) is 4.99. The van der Waals surface area contributed by atoms with Gasteiger partial charge in [0.05, 0.1) is 0 Å². The van der Waals surface area contributed by atoms with Crippen LogP contribution in [0.2, 0.25) is 0 Å². The summed E-state index contributed by atoms with van der Waals surface area (Å²) >= 11 is 0. The Morgan fingerprint density at radius 1 is 1.30 bits per heavy atom. The molecule has 0 saturated carbocycles. The van der Waals surface area contributed by atoms with Gasteiger partial charge in [-0.2, -0.15) is 0 Å². The van der Waals surface area contributed by atoms with E-state index in [0.717, 1.165) is 18.9 Å². The number of alkyl halides is 1. The number of nitrogens with one attached hydrogen (secondary N) is 1. The van der Waals surface area contributed by atoms with Crippen LogP contribution in [-0.4, -0.2) is 37.6 Å². The maximum atomic E-state index is 10.3. The van der Waals surface area contributed by atoms with Crippen molar-refractivity contribution in [2.75, 3.05) is 37.5 Å². The van der Waals surface area contributed by atoms with Crippen molar-refractivity contribution < 1.29 is 4.39 Å². The van der Waals surface area contributed by atoms with Gasteiger partial charge in [0, 0.05) is 38.3 Å². The van der Waals surface area contributed by atoms with E-state index in [1.54, 1.807) is 0 Å². The second kappa shape index (κ2) is 10.1. The van der Waals surface area contributed by atoms with Crippen molar-refractivity contribution in [1.29, 1.82) is 0 Å². The minimum atomic E-state index is -0.333. The van der Waals surface area contributed by atoms with E-state index in [-0.39, 0.29) is 6.42 Å². The van der Waals surface area contributed by atoms with Gasteiger partial charge in [0.1, 0.15) is 12.2 Å². The molecule has 20 heavy (non-hydrogen) atoms. The minimum Gasteiger partial charge on any atom is -0.357 e. The van der Waals surface area contributed by atoms with Crippen molar-refractivity contribution in [2.45, 2.75) is 32.6 Å². The van der Waals surface area contributed by atoms with Gasteiger partial charge in [0.25, 0.3) is 0 Å². The van der Waals surface area contributed by atoms with Gasteiger partial charge in [-0.3, -0.25) is 0 Å². The maximum absolute atomic E-state index is 10.3. The van der Waals surface area contributed by atoms with Gasteiger partial charge >= 0.3 is 0 Å². The van der Waals surface area contributed by atoms with Crippen molar-refractivity contribution >= 4 is 15.1 Å². The van der Waals surface area contributed by atoms with Crippen LogP contribution in [0.1, 0.15) is 38.2 Å². The maximum Gasteiger partial charge on any atom is 0.128 e. The summed E-state index contributed by atoms with van der Waals surface area (Å²) in [5, 5.41) is 3.29. The fourth-order valence-electron chi connectivity index (χ4n) is 2.30. The van der Waals surface area contributed by atoms with Crippen LogP contribution >= 0.6 is 9.24 Å². The zero-order valence-electron chi connectivity index (χ0n) is 12.6. The largest absolute Gasteiger partial charge is 0.357 e. The highest BCUT2D eigenvalue weighted by molar-refractivity contribution is 7.16. The van der Waals surface area contributed by atoms with Crippen LogP contribution in [0.25, 0.3) is 0 Å². The SMILES string of the molecule is CC.FCP.c1cc(N2CCCC2)ncc1C1CNC1. The Kier molecular flexibility index (Phi) is 8.72. The number of rotatable bonds is 2. The van der Waals surface area contributed by atoms with Crippen molar-refractivity contribution in [2.24, 2.45) is 0 Å². The van der Waals surface area contributed by atoms with Crippen LogP contribution in [0.3, 0.4) is 0 Å². The van der Waals surface area contributed by atoms with Crippen molar-refractivity contribution in [3.05, 3.63) is 23.9 Å². The zero-order chi connectivity index (χ0) is 14.8. The van der Waals surface area contributed by atoms with E-state index < -0.39 is 0 Å². The first-order valence-electron chi connectivity index (χ1n) is 7.53. The molecule has 1 aromatic heterocycles. The van der Waals surface area contributed by atoms with Gasteiger partial charge in [0.2, 0.25) is 0 Å². The lowest BCUT2D eigenvalue weighted by Crippen LogP contribution is -2.39. The van der Waals surface area contributed by atoms with Gasteiger partial charge in [-0.1, -0.05) is 19.9 Å². The molecular weight excluding hydrogens is 272 g/mol. The van der Waals surface area contributed by atoms with E-state index >= 15 is 0 Å². The predicted octanol–water partition coefficient (Wildman–Crippen LogP) is 3.18. The summed E-state index contributed by atoms with van der Waals surface area (Å²) in [6, 6.07) is 4.42. The van der Waals surface area contributed by atoms with Crippen LogP contribution in [0.15, 0.2) is 18.3 Å². The summed E-state index contributed by atoms with van der Waals surface area (Å²) < 4.78 is 10.3. The van der Waals surface area contributed by atoms with Crippen molar-refractivity contribution in [3.63, 3.8) is 0 Å². The summed E-state index contributed by atoms with van der Waals surface area (Å²) in [6.45, 7) is 8.59. The molecule has 2 aliphatic heterocycles.